The molecule has 0 bridgehead atoms. The summed E-state index contributed by atoms with van der Waals surface area (Å²) in [5.41, 5.74) is 4.56. The molecule has 0 saturated heterocycles. The van der Waals surface area contributed by atoms with Gasteiger partial charge in [0.25, 0.3) is 5.91 Å². The summed E-state index contributed by atoms with van der Waals surface area (Å²) in [6.45, 7) is 4.16. The number of hydrogen-bond acceptors (Lipinski definition) is 5. The van der Waals surface area contributed by atoms with Crippen molar-refractivity contribution in [3.63, 3.8) is 0 Å². The Morgan fingerprint density at radius 3 is 2.63 bits per heavy atom. The van der Waals surface area contributed by atoms with Gasteiger partial charge in [-0.1, -0.05) is 41.7 Å². The number of carbonyl (C=O) groups is 1. The molecule has 4 aromatic rings. The number of thiazole rings is 1. The Morgan fingerprint density at radius 2 is 1.87 bits per heavy atom. The van der Waals surface area contributed by atoms with E-state index in [4.69, 9.17) is 9.40 Å². The van der Waals surface area contributed by atoms with Crippen LogP contribution in [0.3, 0.4) is 0 Å². The van der Waals surface area contributed by atoms with E-state index >= 15 is 0 Å². The Bertz CT molecular complexity index is 1260. The number of aromatic nitrogens is 1. The van der Waals surface area contributed by atoms with E-state index in [1.165, 1.54) is 22.5 Å². The third-order valence-electron chi connectivity index (χ3n) is 5.15. The number of aliphatic imine (C=N–C) groups is 1. The fraction of sp³-hybridized carbons (Fsp3) is 0.125. The van der Waals surface area contributed by atoms with Crippen LogP contribution < -0.4 is 4.90 Å². The van der Waals surface area contributed by atoms with Crippen molar-refractivity contribution in [3.8, 4) is 0 Å². The minimum absolute atomic E-state index is 0.173. The van der Waals surface area contributed by atoms with Gasteiger partial charge in [0.05, 0.1) is 16.5 Å². The van der Waals surface area contributed by atoms with Crippen LogP contribution in [0.1, 0.15) is 22.5 Å². The molecule has 30 heavy (non-hydrogen) atoms. The molecule has 0 N–H and O–H groups in total. The second-order valence-corrected chi connectivity index (χ2v) is 8.22. The van der Waals surface area contributed by atoms with Crippen LogP contribution in [0, 0.1) is 13.8 Å². The molecule has 0 aliphatic carbocycles. The standard InChI is InChI=1S/C24H19N3O2S/c1-15-13-20-21(14-16(15)2)30-24(26-20)27-22(17-7-4-3-5-8-17)25-19(23(27)28)11-10-18-9-6-12-29-18/h3-9,11-14H,10H2,1-2H3/b19-11-. The lowest BCUT2D eigenvalue weighted by Crippen LogP contribution is -2.32. The highest BCUT2D eigenvalue weighted by Crippen LogP contribution is 2.34. The molecule has 148 valence electrons. The van der Waals surface area contributed by atoms with Gasteiger partial charge >= 0.3 is 0 Å². The number of rotatable bonds is 4. The van der Waals surface area contributed by atoms with Crippen LogP contribution in [0.4, 0.5) is 5.13 Å². The van der Waals surface area contributed by atoms with Crippen molar-refractivity contribution in [1.29, 1.82) is 0 Å². The highest BCUT2D eigenvalue weighted by atomic mass is 32.1. The molecular weight excluding hydrogens is 394 g/mol. The number of allylic oxidation sites excluding steroid dienone is 1. The molecule has 0 atom stereocenters. The van der Waals surface area contributed by atoms with Gasteiger partial charge in [0, 0.05) is 12.0 Å². The SMILES string of the molecule is Cc1cc2nc(N3C(=O)/C(=C/Cc4ccco4)N=C3c3ccccc3)sc2cc1C. The molecular formula is C24H19N3O2S. The monoisotopic (exact) mass is 413 g/mol. The number of aryl methyl sites for hydroxylation is 2. The zero-order chi connectivity index (χ0) is 20.7. The van der Waals surface area contributed by atoms with Crippen molar-refractivity contribution in [3.05, 3.63) is 95.1 Å². The van der Waals surface area contributed by atoms with Crippen molar-refractivity contribution >= 4 is 38.4 Å². The highest BCUT2D eigenvalue weighted by Gasteiger charge is 2.34. The number of amides is 1. The zero-order valence-electron chi connectivity index (χ0n) is 16.6. The number of furan rings is 1. The number of amidine groups is 1. The van der Waals surface area contributed by atoms with Crippen LogP contribution in [0.15, 0.2) is 82.0 Å². The molecule has 2 aromatic carbocycles. The predicted octanol–water partition coefficient (Wildman–Crippen LogP) is 5.43. The highest BCUT2D eigenvalue weighted by molar-refractivity contribution is 7.22. The topological polar surface area (TPSA) is 58.7 Å². The van der Waals surface area contributed by atoms with Gasteiger partial charge in [0.15, 0.2) is 5.13 Å². The van der Waals surface area contributed by atoms with Gasteiger partial charge in [-0.15, -0.1) is 0 Å². The molecule has 0 radical (unpaired) electrons. The third kappa shape index (κ3) is 3.25. The zero-order valence-corrected chi connectivity index (χ0v) is 17.4. The van der Waals surface area contributed by atoms with Gasteiger partial charge in [-0.05, 0) is 55.3 Å². The normalized spacial score (nSPS) is 15.4. The molecule has 0 saturated carbocycles. The number of anilines is 1. The molecule has 2 aromatic heterocycles. The van der Waals surface area contributed by atoms with Crippen LogP contribution in [0.5, 0.6) is 0 Å². The first-order valence-corrected chi connectivity index (χ1v) is 10.5. The van der Waals surface area contributed by atoms with Crippen molar-refractivity contribution in [2.75, 3.05) is 4.90 Å². The number of fused-ring (bicyclic) bond motifs is 1. The van der Waals surface area contributed by atoms with Crippen LogP contribution in [0.25, 0.3) is 10.2 Å². The van der Waals surface area contributed by atoms with Crippen molar-refractivity contribution in [2.45, 2.75) is 20.3 Å². The van der Waals surface area contributed by atoms with Gasteiger partial charge in [-0.3, -0.25) is 4.79 Å². The molecule has 0 spiro atoms. The quantitative estimate of drug-likeness (QED) is 0.419. The maximum atomic E-state index is 13.3. The van der Waals surface area contributed by atoms with Crippen LogP contribution in [-0.2, 0) is 11.2 Å². The van der Waals surface area contributed by atoms with Crippen LogP contribution >= 0.6 is 11.3 Å². The lowest BCUT2D eigenvalue weighted by atomic mass is 10.1. The Morgan fingerprint density at radius 1 is 1.07 bits per heavy atom. The van der Waals surface area contributed by atoms with Gasteiger partial charge in [-0.2, -0.15) is 0 Å². The van der Waals surface area contributed by atoms with Crippen molar-refractivity contribution < 1.29 is 9.21 Å². The maximum absolute atomic E-state index is 13.3. The number of benzene rings is 2. The summed E-state index contributed by atoms with van der Waals surface area (Å²) >= 11 is 1.50. The predicted molar refractivity (Wildman–Crippen MR) is 120 cm³/mol. The lowest BCUT2D eigenvalue weighted by Gasteiger charge is -2.14. The van der Waals surface area contributed by atoms with Gasteiger partial charge in [0.2, 0.25) is 0 Å². The van der Waals surface area contributed by atoms with Gasteiger partial charge in [-0.25, -0.2) is 14.9 Å². The molecule has 1 amide bonds. The maximum Gasteiger partial charge on any atom is 0.284 e. The Labute approximate surface area is 178 Å². The summed E-state index contributed by atoms with van der Waals surface area (Å²) in [5, 5.41) is 0.629. The fourth-order valence-electron chi connectivity index (χ4n) is 3.40. The van der Waals surface area contributed by atoms with Crippen molar-refractivity contribution in [2.24, 2.45) is 4.99 Å². The molecule has 1 aliphatic rings. The fourth-order valence-corrected chi connectivity index (χ4v) is 4.45. The summed E-state index contributed by atoms with van der Waals surface area (Å²) in [6.07, 6.45) is 3.94. The molecule has 1 aliphatic heterocycles. The van der Waals surface area contributed by atoms with E-state index in [0.29, 0.717) is 23.1 Å². The van der Waals surface area contributed by atoms with Gasteiger partial charge in [0.1, 0.15) is 17.3 Å². The van der Waals surface area contributed by atoms with E-state index in [2.05, 4.69) is 31.0 Å². The molecule has 5 rings (SSSR count). The van der Waals surface area contributed by atoms with E-state index < -0.39 is 0 Å². The first-order chi connectivity index (χ1) is 14.6. The summed E-state index contributed by atoms with van der Waals surface area (Å²) in [6, 6.07) is 17.6. The van der Waals surface area contributed by atoms with Crippen LogP contribution in [-0.4, -0.2) is 16.7 Å². The minimum atomic E-state index is -0.173. The number of nitrogens with zero attached hydrogens (tertiary/aromatic N) is 3. The number of hydrogen-bond donors (Lipinski definition) is 0. The second-order valence-electron chi connectivity index (χ2n) is 7.22. The van der Waals surface area contributed by atoms with Crippen molar-refractivity contribution in [1.82, 2.24) is 4.98 Å². The Hall–Kier alpha value is -3.51. The van der Waals surface area contributed by atoms with E-state index in [-0.39, 0.29) is 5.91 Å². The molecule has 3 heterocycles. The average molecular weight is 414 g/mol. The average Bonchev–Trinajstić information content (AvgIpc) is 3.47. The van der Waals surface area contributed by atoms with Crippen LogP contribution in [0.2, 0.25) is 0 Å². The first kappa shape index (κ1) is 18.5. The smallest absolute Gasteiger partial charge is 0.284 e. The van der Waals surface area contributed by atoms with E-state index in [1.54, 1.807) is 11.2 Å². The molecule has 6 heteroatoms. The van der Waals surface area contributed by atoms with Gasteiger partial charge < -0.3 is 4.42 Å². The summed E-state index contributed by atoms with van der Waals surface area (Å²) in [7, 11) is 0. The van der Waals surface area contributed by atoms with E-state index in [1.807, 2.05) is 48.5 Å². The summed E-state index contributed by atoms with van der Waals surface area (Å²) in [4.78, 5) is 24.4. The summed E-state index contributed by atoms with van der Waals surface area (Å²) in [5.74, 6) is 1.21. The largest absolute Gasteiger partial charge is 0.469 e. The minimum Gasteiger partial charge on any atom is -0.469 e. The Balaban J connectivity index is 1.59. The van der Waals surface area contributed by atoms with E-state index in [9.17, 15) is 4.79 Å². The lowest BCUT2D eigenvalue weighted by molar-refractivity contribution is -0.113. The first-order valence-electron chi connectivity index (χ1n) is 9.69. The Kier molecular flexibility index (Phi) is 4.56. The van der Waals surface area contributed by atoms with E-state index in [0.717, 1.165) is 21.5 Å². The summed E-state index contributed by atoms with van der Waals surface area (Å²) < 4.78 is 6.44. The third-order valence-corrected chi connectivity index (χ3v) is 6.16. The molecule has 0 fully saturated rings. The molecule has 5 nitrogen and oxygen atoms in total. The number of carbonyl (C=O) groups excluding carboxylic acids is 1. The second kappa shape index (κ2) is 7.39. The molecule has 0 unspecified atom stereocenters.